The molecule has 0 radical (unpaired) electrons. The van der Waals surface area contributed by atoms with E-state index in [1.807, 2.05) is 0 Å². The maximum absolute atomic E-state index is 12.3. The number of carbonyl (C=O) groups is 8. The quantitative estimate of drug-likeness (QED) is 0.181. The molecule has 10 atom stereocenters. The third kappa shape index (κ3) is 12.1. The monoisotopic (exact) mass is 678 g/mol. The van der Waals surface area contributed by atoms with Crippen molar-refractivity contribution in [3.63, 3.8) is 0 Å². The van der Waals surface area contributed by atoms with Gasteiger partial charge in [0.15, 0.2) is 42.9 Å². The molecule has 2 saturated heterocycles. The highest BCUT2D eigenvalue weighted by Gasteiger charge is 2.58. The average Bonchev–Trinajstić information content (AvgIpc) is 2.91. The van der Waals surface area contributed by atoms with Crippen LogP contribution in [0.5, 0.6) is 0 Å². The molecule has 0 aromatic carbocycles. The first-order chi connectivity index (χ1) is 21.9. The second-order valence-electron chi connectivity index (χ2n) is 10.3. The number of carbonyl (C=O) groups excluding carboxylic acids is 8. The lowest BCUT2D eigenvalue weighted by Crippen LogP contribution is -2.67. The van der Waals surface area contributed by atoms with Crippen LogP contribution in [0.15, 0.2) is 0 Å². The first-order valence-corrected chi connectivity index (χ1v) is 14.2. The molecule has 19 heteroatoms. The van der Waals surface area contributed by atoms with E-state index in [2.05, 4.69) is 0 Å². The fourth-order valence-corrected chi connectivity index (χ4v) is 4.73. The van der Waals surface area contributed by atoms with Crippen LogP contribution in [0.25, 0.3) is 0 Å². The van der Waals surface area contributed by atoms with Gasteiger partial charge in [-0.25, -0.2) is 0 Å². The summed E-state index contributed by atoms with van der Waals surface area (Å²) in [7, 11) is 0. The molecule has 2 rings (SSSR count). The summed E-state index contributed by atoms with van der Waals surface area (Å²) >= 11 is 0. The van der Waals surface area contributed by atoms with Gasteiger partial charge in [-0.05, 0) is 0 Å². The van der Waals surface area contributed by atoms with Crippen LogP contribution < -0.4 is 0 Å². The summed E-state index contributed by atoms with van der Waals surface area (Å²) < 4.78 is 60.2. The number of hydrogen-bond donors (Lipinski definition) is 0. The van der Waals surface area contributed by atoms with Crippen molar-refractivity contribution in [2.75, 3.05) is 13.2 Å². The van der Waals surface area contributed by atoms with E-state index in [1.165, 1.54) is 0 Å². The molecular weight excluding hydrogens is 640 g/mol. The molecule has 0 spiro atoms. The zero-order valence-corrected chi connectivity index (χ0v) is 26.9. The van der Waals surface area contributed by atoms with Crippen molar-refractivity contribution in [3.8, 4) is 0 Å². The smallest absolute Gasteiger partial charge is 0.305 e. The van der Waals surface area contributed by atoms with E-state index in [4.69, 9.17) is 52.1 Å². The molecule has 0 bridgehead atoms. The van der Waals surface area contributed by atoms with E-state index in [1.54, 1.807) is 0 Å². The van der Waals surface area contributed by atoms with Crippen LogP contribution in [0.4, 0.5) is 0 Å². The molecular formula is C28H38O19. The molecule has 47 heavy (non-hydrogen) atoms. The second-order valence-corrected chi connectivity index (χ2v) is 10.3. The summed E-state index contributed by atoms with van der Waals surface area (Å²) in [5.41, 5.74) is 0. The maximum Gasteiger partial charge on any atom is 0.305 e. The van der Waals surface area contributed by atoms with Crippen LogP contribution >= 0.6 is 0 Å². The molecule has 0 saturated carbocycles. The van der Waals surface area contributed by atoms with Crippen molar-refractivity contribution in [3.05, 3.63) is 0 Å². The molecule has 2 aliphatic rings. The van der Waals surface area contributed by atoms with E-state index in [9.17, 15) is 38.4 Å². The molecule has 0 N–H and O–H groups in total. The molecule has 0 unspecified atom stereocenters. The Kier molecular flexibility index (Phi) is 14.5. The standard InChI is InChI=1S/C28H38O19/c1-11(29)37-9-19-22(40-14(4)32)24(42-16(6)34)26(27(45-19)44-18(8)36)47-28-25(43-17(7)35)23(41-15(5)33)21(39-13(3)31)20(46-28)10-38-12(2)30/h19-28H,9-10H2,1-8H3/t19-,20-,21-,22+,23+,24+,25+,26-,27+,28-/m1/s1. The molecule has 2 heterocycles. The van der Waals surface area contributed by atoms with Gasteiger partial charge in [0.05, 0.1) is 0 Å². The molecule has 2 fully saturated rings. The fourth-order valence-electron chi connectivity index (χ4n) is 4.73. The van der Waals surface area contributed by atoms with Crippen molar-refractivity contribution in [1.82, 2.24) is 0 Å². The molecule has 0 aromatic heterocycles. The van der Waals surface area contributed by atoms with Crippen molar-refractivity contribution in [1.29, 1.82) is 0 Å². The maximum atomic E-state index is 12.3. The third-order valence-corrected chi connectivity index (χ3v) is 6.17. The summed E-state index contributed by atoms with van der Waals surface area (Å²) in [6.07, 6.45) is -16.4. The second kappa shape index (κ2) is 17.5. The topological polar surface area (TPSA) is 238 Å². The Labute approximate surface area is 268 Å². The van der Waals surface area contributed by atoms with E-state index < -0.39 is 122 Å². The van der Waals surface area contributed by atoms with Crippen molar-refractivity contribution in [2.24, 2.45) is 0 Å². The zero-order chi connectivity index (χ0) is 35.6. The van der Waals surface area contributed by atoms with Gasteiger partial charge in [0.1, 0.15) is 25.4 Å². The van der Waals surface area contributed by atoms with Gasteiger partial charge in [0, 0.05) is 55.4 Å². The minimum absolute atomic E-state index is 0.561. The Morgan fingerprint density at radius 3 is 1.06 bits per heavy atom. The summed E-state index contributed by atoms with van der Waals surface area (Å²) in [6, 6.07) is 0. The number of rotatable bonds is 12. The van der Waals surface area contributed by atoms with Gasteiger partial charge in [-0.1, -0.05) is 0 Å². The summed E-state index contributed by atoms with van der Waals surface area (Å²) in [5, 5.41) is 0. The highest BCUT2D eigenvalue weighted by molar-refractivity contribution is 5.69. The van der Waals surface area contributed by atoms with Crippen LogP contribution in [0.1, 0.15) is 55.4 Å². The lowest BCUT2D eigenvalue weighted by Gasteiger charge is -2.48. The van der Waals surface area contributed by atoms with E-state index in [0.717, 1.165) is 55.4 Å². The van der Waals surface area contributed by atoms with Gasteiger partial charge in [0.25, 0.3) is 0 Å². The number of hydrogen-bond acceptors (Lipinski definition) is 19. The highest BCUT2D eigenvalue weighted by Crippen LogP contribution is 2.35. The average molecular weight is 679 g/mol. The van der Waals surface area contributed by atoms with Crippen molar-refractivity contribution in [2.45, 2.75) is 117 Å². The summed E-state index contributed by atoms with van der Waals surface area (Å²) in [5.74, 6) is -7.02. The molecule has 0 aliphatic carbocycles. The number of esters is 8. The Bertz CT molecular complexity index is 1200. The van der Waals surface area contributed by atoms with Gasteiger partial charge < -0.3 is 52.1 Å². The first-order valence-electron chi connectivity index (χ1n) is 14.2. The van der Waals surface area contributed by atoms with Crippen molar-refractivity contribution >= 4 is 47.8 Å². The highest BCUT2D eigenvalue weighted by atomic mass is 16.8. The first kappa shape index (κ1) is 38.8. The Morgan fingerprint density at radius 1 is 0.383 bits per heavy atom. The van der Waals surface area contributed by atoms with E-state index in [0.29, 0.717) is 0 Å². The molecule has 2 aliphatic heterocycles. The normalized spacial score (nSPS) is 30.0. The molecule has 19 nitrogen and oxygen atoms in total. The van der Waals surface area contributed by atoms with Crippen LogP contribution in [0.3, 0.4) is 0 Å². The van der Waals surface area contributed by atoms with E-state index >= 15 is 0 Å². The predicted octanol–water partition coefficient (Wildman–Crippen LogP) is -0.831. The van der Waals surface area contributed by atoms with Crippen LogP contribution in [0, 0.1) is 0 Å². The Hall–Kier alpha value is -4.36. The lowest BCUT2D eigenvalue weighted by molar-refractivity contribution is -0.363. The summed E-state index contributed by atoms with van der Waals surface area (Å²) in [6.45, 7) is 7.10. The minimum Gasteiger partial charge on any atom is -0.463 e. The van der Waals surface area contributed by atoms with Crippen LogP contribution in [-0.2, 0) is 90.5 Å². The van der Waals surface area contributed by atoms with Gasteiger partial charge in [-0.15, -0.1) is 0 Å². The number of ether oxygens (including phenoxy) is 11. The van der Waals surface area contributed by atoms with Gasteiger partial charge in [0.2, 0.25) is 6.29 Å². The molecule has 0 aromatic rings. The van der Waals surface area contributed by atoms with Gasteiger partial charge >= 0.3 is 47.8 Å². The summed E-state index contributed by atoms with van der Waals surface area (Å²) in [4.78, 5) is 96.3. The molecule has 0 amide bonds. The largest absolute Gasteiger partial charge is 0.463 e. The van der Waals surface area contributed by atoms with Crippen molar-refractivity contribution < 1.29 is 90.5 Å². The van der Waals surface area contributed by atoms with Gasteiger partial charge in [-0.2, -0.15) is 0 Å². The SMILES string of the molecule is CC(=O)OC[C@H]1O[C@H](OC(C)=O)[C@H](O[C@H]2O[C@H](COC(C)=O)[C@@H](OC(C)=O)[C@H](OC(C)=O)[C@@H]2OC(C)=O)[C@@H](OC(C)=O)[C@H]1OC(C)=O. The Balaban J connectivity index is 2.72. The van der Waals surface area contributed by atoms with Crippen LogP contribution in [0.2, 0.25) is 0 Å². The van der Waals surface area contributed by atoms with Crippen LogP contribution in [-0.4, -0.2) is 122 Å². The minimum atomic E-state index is -1.86. The molecule has 264 valence electrons. The third-order valence-electron chi connectivity index (χ3n) is 6.17. The Morgan fingerprint density at radius 2 is 0.702 bits per heavy atom. The van der Waals surface area contributed by atoms with Gasteiger partial charge in [-0.3, -0.25) is 38.4 Å². The van der Waals surface area contributed by atoms with E-state index in [-0.39, 0.29) is 0 Å². The fraction of sp³-hybridized carbons (Fsp3) is 0.714. The zero-order valence-electron chi connectivity index (χ0n) is 26.9. The lowest BCUT2D eigenvalue weighted by atomic mass is 9.96. The predicted molar refractivity (Wildman–Crippen MR) is 145 cm³/mol.